The van der Waals surface area contributed by atoms with Crippen LogP contribution in [0.4, 0.5) is 0 Å². The molecule has 3 N–H and O–H groups in total. The highest BCUT2D eigenvalue weighted by atomic mass is 32.2. The van der Waals surface area contributed by atoms with E-state index in [1.165, 1.54) is 35.3 Å². The molecule has 0 saturated carbocycles. The number of aliphatic carboxylic acids is 1. The number of fused-ring (bicyclic) bond motifs is 1. The summed E-state index contributed by atoms with van der Waals surface area (Å²) in [5.41, 5.74) is -1.48. The molecule has 2 atom stereocenters. The maximum Gasteiger partial charge on any atom is 0.352 e. The molecule has 0 spiro atoms. The lowest BCUT2D eigenvalue weighted by Crippen LogP contribution is -2.80. The Morgan fingerprint density at radius 3 is 2.86 bits per heavy atom. The summed E-state index contributed by atoms with van der Waals surface area (Å²) in [5, 5.41) is 45.0. The molecule has 0 radical (unpaired) electrons. The van der Waals surface area contributed by atoms with Crippen LogP contribution in [0.25, 0.3) is 0 Å². The molecule has 18 heteroatoms. The second-order valence-electron chi connectivity index (χ2n) is 7.37. The number of methoxy groups -OCH3 is 1. The van der Waals surface area contributed by atoms with E-state index in [1.54, 1.807) is 13.1 Å². The van der Waals surface area contributed by atoms with Crippen LogP contribution < -0.4 is 5.32 Å². The molecule has 0 aromatic carbocycles. The second-order valence-corrected chi connectivity index (χ2v) is 10.4. The summed E-state index contributed by atoms with van der Waals surface area (Å²) in [6.45, 7) is 0. The third-order valence-corrected chi connectivity index (χ3v) is 8.64. The van der Waals surface area contributed by atoms with Crippen LogP contribution in [0.15, 0.2) is 20.9 Å². The van der Waals surface area contributed by atoms with Crippen molar-refractivity contribution in [1.29, 1.82) is 5.26 Å². The molecule has 0 aliphatic carbocycles. The molecule has 0 bridgehead atoms. The Bertz CT molecular complexity index is 1290. The van der Waals surface area contributed by atoms with Crippen molar-refractivity contribution in [3.8, 4) is 11.9 Å². The molecule has 190 valence electrons. The van der Waals surface area contributed by atoms with Crippen LogP contribution in [-0.2, 0) is 31.9 Å². The first-order valence-corrected chi connectivity index (χ1v) is 13.2. The number of carboxylic acid groups (broad SMARTS) is 1. The molecule has 4 rings (SSSR count). The molecular weight excluding hydrogens is 536 g/mol. The van der Waals surface area contributed by atoms with Crippen molar-refractivity contribution >= 4 is 53.1 Å². The third kappa shape index (κ3) is 4.50. The number of carboxylic acids is 1. The molecule has 2 aromatic rings. The van der Waals surface area contributed by atoms with E-state index >= 15 is 0 Å². The average molecular weight is 555 g/mol. The van der Waals surface area contributed by atoms with Gasteiger partial charge in [-0.3, -0.25) is 14.5 Å². The highest BCUT2D eigenvalue weighted by Crippen LogP contribution is 2.47. The smallest absolute Gasteiger partial charge is 0.352 e. The number of ether oxygens (including phenoxy) is 1. The first-order valence-electron chi connectivity index (χ1n) is 10.0. The molecule has 0 unspecified atom stereocenters. The number of tetrazole rings is 1. The zero-order chi connectivity index (χ0) is 26.0. The lowest BCUT2D eigenvalue weighted by atomic mass is 9.98. The van der Waals surface area contributed by atoms with Crippen LogP contribution in [0.3, 0.4) is 0 Å². The van der Waals surface area contributed by atoms with Gasteiger partial charge in [-0.25, -0.2) is 9.48 Å². The van der Waals surface area contributed by atoms with Crippen LogP contribution in [0, 0.1) is 11.3 Å². The first-order chi connectivity index (χ1) is 17.2. The molecular formula is C18H18N8O7S3. The summed E-state index contributed by atoms with van der Waals surface area (Å²) in [4.78, 5) is 39.0. The maximum atomic E-state index is 13.2. The summed E-state index contributed by atoms with van der Waals surface area (Å²) < 4.78 is 11.7. The van der Waals surface area contributed by atoms with E-state index in [2.05, 4.69) is 26.0 Å². The first kappa shape index (κ1) is 25.8. The maximum absolute atomic E-state index is 13.2. The number of β-lactam (4-membered cyclic amide) rings is 1. The van der Waals surface area contributed by atoms with E-state index in [-0.39, 0.29) is 40.0 Å². The van der Waals surface area contributed by atoms with Crippen LogP contribution >= 0.6 is 35.3 Å². The van der Waals surface area contributed by atoms with E-state index in [0.717, 1.165) is 16.7 Å². The molecule has 2 aromatic heterocycles. The summed E-state index contributed by atoms with van der Waals surface area (Å²) in [6, 6.07) is 1.76. The Morgan fingerprint density at radius 2 is 2.22 bits per heavy atom. The second kappa shape index (κ2) is 10.4. The molecule has 2 amide bonds. The van der Waals surface area contributed by atoms with Gasteiger partial charge in [0, 0.05) is 25.7 Å². The van der Waals surface area contributed by atoms with E-state index in [0.29, 0.717) is 10.7 Å². The number of amides is 2. The number of nitrogens with zero attached hydrogens (tertiary/aromatic N) is 7. The van der Waals surface area contributed by atoms with Gasteiger partial charge in [-0.05, 0) is 21.2 Å². The summed E-state index contributed by atoms with van der Waals surface area (Å²) in [6.07, 6.45) is 0. The van der Waals surface area contributed by atoms with E-state index in [1.807, 2.05) is 0 Å². The fraction of sp³-hybridized carbons (Fsp3) is 0.444. The van der Waals surface area contributed by atoms with Crippen LogP contribution in [0.2, 0.25) is 0 Å². The Labute approximate surface area is 215 Å². The minimum absolute atomic E-state index is 0.0794. The largest absolute Gasteiger partial charge is 0.490 e. The van der Waals surface area contributed by atoms with Crippen molar-refractivity contribution in [3.63, 3.8) is 0 Å². The number of hydrogen-bond donors (Lipinski definition) is 3. The van der Waals surface area contributed by atoms with Crippen molar-refractivity contribution < 1.29 is 33.9 Å². The van der Waals surface area contributed by atoms with Gasteiger partial charge in [0.2, 0.25) is 11.1 Å². The van der Waals surface area contributed by atoms with Gasteiger partial charge in [-0.1, -0.05) is 11.8 Å². The fourth-order valence-corrected chi connectivity index (χ4v) is 6.72. The van der Waals surface area contributed by atoms with Crippen molar-refractivity contribution in [3.05, 3.63) is 22.6 Å². The lowest BCUT2D eigenvalue weighted by Gasteiger charge is -2.55. The molecule has 2 aliphatic rings. The summed E-state index contributed by atoms with van der Waals surface area (Å²) >= 11 is 3.57. The number of aromatic nitrogens is 5. The molecule has 36 heavy (non-hydrogen) atoms. The topological polar surface area (TPSA) is 210 Å². The zero-order valence-electron chi connectivity index (χ0n) is 18.7. The van der Waals surface area contributed by atoms with Crippen LogP contribution in [-0.4, -0.2) is 93.7 Å². The quantitative estimate of drug-likeness (QED) is 0.192. The van der Waals surface area contributed by atoms with Crippen LogP contribution in [0.5, 0.6) is 5.88 Å². The summed E-state index contributed by atoms with van der Waals surface area (Å²) in [5.74, 6) is -2.44. The number of carbonyl (C=O) groups excluding carboxylic acids is 2. The Morgan fingerprint density at radius 1 is 1.44 bits per heavy atom. The predicted molar refractivity (Wildman–Crippen MR) is 124 cm³/mol. The van der Waals surface area contributed by atoms with Gasteiger partial charge in [0.25, 0.3) is 17.5 Å². The van der Waals surface area contributed by atoms with E-state index < -0.39 is 34.8 Å². The van der Waals surface area contributed by atoms with Crippen LogP contribution in [0.1, 0.15) is 11.3 Å². The average Bonchev–Trinajstić information content (AvgIpc) is 3.44. The van der Waals surface area contributed by atoms with Crippen molar-refractivity contribution in [1.82, 2.24) is 35.6 Å². The Balaban J connectivity index is 1.42. The highest BCUT2D eigenvalue weighted by molar-refractivity contribution is 8.01. The number of carbonyl (C=O) groups is 3. The van der Waals surface area contributed by atoms with Gasteiger partial charge in [0.1, 0.15) is 17.1 Å². The Kier molecular flexibility index (Phi) is 7.44. The number of nitriles is 1. The number of aromatic hydroxyl groups is 1. The van der Waals surface area contributed by atoms with Gasteiger partial charge in [-0.2, -0.15) is 5.26 Å². The number of thioether (sulfide) groups is 3. The van der Waals surface area contributed by atoms with Gasteiger partial charge in [0.05, 0.1) is 11.5 Å². The van der Waals surface area contributed by atoms with Gasteiger partial charge >= 0.3 is 5.97 Å². The van der Waals surface area contributed by atoms with Crippen molar-refractivity contribution in [2.24, 2.45) is 7.05 Å². The third-order valence-electron chi connectivity index (χ3n) is 5.24. The van der Waals surface area contributed by atoms with E-state index in [9.17, 15) is 24.6 Å². The minimum atomic E-state index is -1.72. The normalized spacial score (nSPS) is 21.1. The molecule has 2 aliphatic heterocycles. The fourth-order valence-electron chi connectivity index (χ4n) is 3.55. The predicted octanol–water partition coefficient (Wildman–Crippen LogP) is -0.486. The van der Waals surface area contributed by atoms with Gasteiger partial charge in [-0.15, -0.1) is 28.6 Å². The molecule has 15 nitrogen and oxygen atoms in total. The number of rotatable bonds is 10. The molecule has 4 heterocycles. The standard InChI is InChI=1S/C18H18N8O7S3/c1-25-17(21-23-24-25)36-5-8-4-35-16-18(32-2,15(31)26(16)12(8)14(29)30)20-11(27)7-34-6-10-9(3-19)13(28)22-33-10/h16H,4-7H2,1-2H3,(H,20,27)(H,22,28)(H,29,30)/t16-,18+/m1/s1. The highest BCUT2D eigenvalue weighted by Gasteiger charge is 2.66. The zero-order valence-corrected chi connectivity index (χ0v) is 21.1. The van der Waals surface area contributed by atoms with Crippen molar-refractivity contribution in [2.75, 3.05) is 24.4 Å². The number of nitrogens with one attached hydrogen (secondary N) is 1. The molecule has 1 fully saturated rings. The SMILES string of the molecule is CO[C@@]1(NC(=O)CSCc2onc(O)c2C#N)C(=O)N2C(C(=O)O)=C(CSc3nnnn3C)CS[C@@H]21. The van der Waals surface area contributed by atoms with Gasteiger partial charge in [0.15, 0.2) is 11.3 Å². The lowest BCUT2D eigenvalue weighted by molar-refractivity contribution is -0.192. The van der Waals surface area contributed by atoms with Crippen molar-refractivity contribution in [2.45, 2.75) is 22.0 Å². The van der Waals surface area contributed by atoms with E-state index in [4.69, 9.17) is 14.5 Å². The number of hydrogen-bond acceptors (Lipinski definition) is 14. The molecule has 1 saturated heterocycles. The summed E-state index contributed by atoms with van der Waals surface area (Å²) in [7, 11) is 2.92. The number of aryl methyl sites for hydroxylation is 1. The minimum Gasteiger partial charge on any atom is -0.490 e. The Hall–Kier alpha value is -3.27. The van der Waals surface area contributed by atoms with Gasteiger partial charge < -0.3 is 24.8 Å². The monoisotopic (exact) mass is 554 g/mol.